The molecule has 0 bridgehead atoms. The number of carbonyl (C=O) groups excluding carboxylic acids is 1. The first-order valence-electron chi connectivity index (χ1n) is 8.42. The van der Waals surface area contributed by atoms with E-state index in [1.165, 1.54) is 0 Å². The summed E-state index contributed by atoms with van der Waals surface area (Å²) in [6, 6.07) is 6.00. The van der Waals surface area contributed by atoms with Crippen molar-refractivity contribution in [2.45, 2.75) is 45.8 Å². The molecule has 2 rings (SSSR count). The molecule has 5 heteroatoms. The number of benzene rings is 1. The monoisotopic (exact) mass is 320 g/mol. The van der Waals surface area contributed by atoms with Crippen molar-refractivity contribution >= 4 is 6.03 Å². The second-order valence-electron chi connectivity index (χ2n) is 6.04. The molecule has 0 saturated carbocycles. The van der Waals surface area contributed by atoms with Gasteiger partial charge in [0.05, 0.1) is 12.7 Å². The largest absolute Gasteiger partial charge is 0.494 e. The summed E-state index contributed by atoms with van der Waals surface area (Å²) in [5.74, 6) is 0.887. The fourth-order valence-corrected chi connectivity index (χ4v) is 2.77. The summed E-state index contributed by atoms with van der Waals surface area (Å²) >= 11 is 0. The Labute approximate surface area is 139 Å². The molecule has 23 heavy (non-hydrogen) atoms. The standard InChI is InChI=1S/C18H28N2O3/c1-4-10-23-16-8-7-15(14(2)11-16)12-19-18(21)20-9-5-6-17(13-20)22-3/h7-8,11,17H,4-6,9-10,12-13H2,1-3H3,(H,19,21)/t17-/m0/s1. The molecule has 1 fully saturated rings. The van der Waals surface area contributed by atoms with Crippen LogP contribution in [0.1, 0.15) is 37.3 Å². The van der Waals surface area contributed by atoms with Gasteiger partial charge in [0, 0.05) is 26.7 Å². The first-order chi connectivity index (χ1) is 11.1. The average molecular weight is 320 g/mol. The molecule has 0 aliphatic carbocycles. The topological polar surface area (TPSA) is 50.8 Å². The summed E-state index contributed by atoms with van der Waals surface area (Å²) < 4.78 is 11.0. The van der Waals surface area contributed by atoms with Gasteiger partial charge >= 0.3 is 6.03 Å². The Bertz CT molecular complexity index is 519. The van der Waals surface area contributed by atoms with E-state index in [0.717, 1.165) is 49.3 Å². The van der Waals surface area contributed by atoms with Gasteiger partial charge in [-0.15, -0.1) is 0 Å². The predicted molar refractivity (Wildman–Crippen MR) is 90.8 cm³/mol. The summed E-state index contributed by atoms with van der Waals surface area (Å²) in [5.41, 5.74) is 2.25. The van der Waals surface area contributed by atoms with Crippen molar-refractivity contribution in [2.24, 2.45) is 0 Å². The van der Waals surface area contributed by atoms with E-state index in [1.807, 2.05) is 30.0 Å². The van der Waals surface area contributed by atoms with E-state index in [9.17, 15) is 4.79 Å². The van der Waals surface area contributed by atoms with Crippen molar-refractivity contribution in [3.05, 3.63) is 29.3 Å². The van der Waals surface area contributed by atoms with Crippen LogP contribution in [0.4, 0.5) is 4.79 Å². The van der Waals surface area contributed by atoms with Gasteiger partial charge in [-0.1, -0.05) is 13.0 Å². The van der Waals surface area contributed by atoms with Crippen molar-refractivity contribution in [3.8, 4) is 5.75 Å². The van der Waals surface area contributed by atoms with Gasteiger partial charge in [0.2, 0.25) is 0 Å². The molecular formula is C18H28N2O3. The number of piperidine rings is 1. The van der Waals surface area contributed by atoms with Crippen LogP contribution in [-0.2, 0) is 11.3 Å². The minimum absolute atomic E-state index is 0.0162. The molecule has 0 radical (unpaired) electrons. The van der Waals surface area contributed by atoms with Crippen LogP contribution in [-0.4, -0.2) is 43.8 Å². The van der Waals surface area contributed by atoms with Crippen molar-refractivity contribution in [3.63, 3.8) is 0 Å². The highest BCUT2D eigenvalue weighted by molar-refractivity contribution is 5.74. The van der Waals surface area contributed by atoms with Crippen LogP contribution in [0.15, 0.2) is 18.2 Å². The van der Waals surface area contributed by atoms with E-state index in [0.29, 0.717) is 13.1 Å². The number of nitrogens with one attached hydrogen (secondary N) is 1. The first-order valence-corrected chi connectivity index (χ1v) is 8.42. The van der Waals surface area contributed by atoms with Gasteiger partial charge in [0.15, 0.2) is 0 Å². The molecule has 0 spiro atoms. The fourth-order valence-electron chi connectivity index (χ4n) is 2.77. The lowest BCUT2D eigenvalue weighted by Crippen LogP contribution is -2.47. The van der Waals surface area contributed by atoms with Crippen LogP contribution in [0.5, 0.6) is 5.75 Å². The minimum Gasteiger partial charge on any atom is -0.494 e. The minimum atomic E-state index is -0.0162. The maximum atomic E-state index is 12.3. The van der Waals surface area contributed by atoms with Gasteiger partial charge in [-0.3, -0.25) is 0 Å². The molecule has 1 aliphatic heterocycles. The molecule has 5 nitrogen and oxygen atoms in total. The summed E-state index contributed by atoms with van der Waals surface area (Å²) in [6.45, 7) is 6.87. The maximum absolute atomic E-state index is 12.3. The molecule has 0 aromatic heterocycles. The third-order valence-electron chi connectivity index (χ3n) is 4.22. The Morgan fingerprint density at radius 1 is 1.43 bits per heavy atom. The second kappa shape index (κ2) is 8.77. The smallest absolute Gasteiger partial charge is 0.317 e. The Kier molecular flexibility index (Phi) is 6.71. The number of nitrogens with zero attached hydrogens (tertiary/aromatic N) is 1. The second-order valence-corrected chi connectivity index (χ2v) is 6.04. The van der Waals surface area contributed by atoms with Gasteiger partial charge in [-0.05, 0) is 49.4 Å². The predicted octanol–water partition coefficient (Wildman–Crippen LogP) is 3.10. The Morgan fingerprint density at radius 2 is 2.26 bits per heavy atom. The van der Waals surface area contributed by atoms with Crippen LogP contribution in [0.25, 0.3) is 0 Å². The summed E-state index contributed by atoms with van der Waals surface area (Å²) in [4.78, 5) is 14.1. The van der Waals surface area contributed by atoms with Gasteiger partial charge in [0.25, 0.3) is 0 Å². The van der Waals surface area contributed by atoms with Crippen molar-refractivity contribution in [1.82, 2.24) is 10.2 Å². The lowest BCUT2D eigenvalue weighted by atomic mass is 10.1. The van der Waals surface area contributed by atoms with Gasteiger partial charge in [-0.2, -0.15) is 0 Å². The molecule has 1 N–H and O–H groups in total. The number of amides is 2. The molecule has 0 unspecified atom stereocenters. The zero-order valence-corrected chi connectivity index (χ0v) is 14.4. The summed E-state index contributed by atoms with van der Waals surface area (Å²) in [6.07, 6.45) is 3.17. The molecule has 1 aromatic carbocycles. The average Bonchev–Trinajstić information content (AvgIpc) is 2.58. The molecule has 1 aliphatic rings. The number of rotatable bonds is 6. The number of methoxy groups -OCH3 is 1. The van der Waals surface area contributed by atoms with Gasteiger partial charge in [0.1, 0.15) is 5.75 Å². The number of hydrogen-bond acceptors (Lipinski definition) is 3. The zero-order valence-electron chi connectivity index (χ0n) is 14.4. The molecule has 1 aromatic rings. The maximum Gasteiger partial charge on any atom is 0.317 e. The van der Waals surface area contributed by atoms with Gasteiger partial charge in [-0.25, -0.2) is 4.79 Å². The third kappa shape index (κ3) is 5.13. The fraction of sp³-hybridized carbons (Fsp3) is 0.611. The SMILES string of the molecule is CCCOc1ccc(CNC(=O)N2CCC[C@H](OC)C2)c(C)c1. The molecule has 1 atom stereocenters. The van der Waals surface area contributed by atoms with Crippen molar-refractivity contribution < 1.29 is 14.3 Å². The quantitative estimate of drug-likeness (QED) is 0.876. The number of likely N-dealkylation sites (tertiary alicyclic amines) is 1. The Balaban J connectivity index is 1.86. The molecule has 1 heterocycles. The Morgan fingerprint density at radius 3 is 2.96 bits per heavy atom. The number of urea groups is 1. The van der Waals surface area contributed by atoms with Crippen LogP contribution >= 0.6 is 0 Å². The molecular weight excluding hydrogens is 292 g/mol. The van der Waals surface area contributed by atoms with Crippen LogP contribution < -0.4 is 10.1 Å². The number of ether oxygens (including phenoxy) is 2. The zero-order chi connectivity index (χ0) is 16.7. The van der Waals surface area contributed by atoms with E-state index in [1.54, 1.807) is 7.11 Å². The van der Waals surface area contributed by atoms with E-state index in [2.05, 4.69) is 12.2 Å². The van der Waals surface area contributed by atoms with E-state index in [-0.39, 0.29) is 12.1 Å². The van der Waals surface area contributed by atoms with Crippen molar-refractivity contribution in [1.29, 1.82) is 0 Å². The Hall–Kier alpha value is -1.75. The van der Waals surface area contributed by atoms with Gasteiger partial charge < -0.3 is 19.7 Å². The molecule has 2 amide bonds. The lowest BCUT2D eigenvalue weighted by Gasteiger charge is -2.32. The normalized spacial score (nSPS) is 17.9. The molecule has 1 saturated heterocycles. The summed E-state index contributed by atoms with van der Waals surface area (Å²) in [7, 11) is 1.71. The van der Waals surface area contributed by atoms with Crippen LogP contribution in [0.3, 0.4) is 0 Å². The van der Waals surface area contributed by atoms with E-state index < -0.39 is 0 Å². The highest BCUT2D eigenvalue weighted by Crippen LogP contribution is 2.18. The summed E-state index contributed by atoms with van der Waals surface area (Å²) in [5, 5.41) is 3.01. The first kappa shape index (κ1) is 17.6. The number of aryl methyl sites for hydroxylation is 1. The number of carbonyl (C=O) groups is 1. The number of hydrogen-bond donors (Lipinski definition) is 1. The lowest BCUT2D eigenvalue weighted by molar-refractivity contribution is 0.0434. The van der Waals surface area contributed by atoms with Crippen LogP contribution in [0, 0.1) is 6.92 Å². The highest BCUT2D eigenvalue weighted by atomic mass is 16.5. The third-order valence-corrected chi connectivity index (χ3v) is 4.22. The van der Waals surface area contributed by atoms with E-state index >= 15 is 0 Å². The van der Waals surface area contributed by atoms with Crippen LogP contribution in [0.2, 0.25) is 0 Å². The van der Waals surface area contributed by atoms with E-state index in [4.69, 9.17) is 9.47 Å². The van der Waals surface area contributed by atoms with Crippen molar-refractivity contribution in [2.75, 3.05) is 26.8 Å². The highest BCUT2D eigenvalue weighted by Gasteiger charge is 2.23. The molecule has 128 valence electrons.